The van der Waals surface area contributed by atoms with Crippen LogP contribution in [0.2, 0.25) is 0 Å². The molecule has 2 saturated heterocycles. The molecule has 2 heterocycles. The Kier molecular flexibility index (Phi) is 5.79. The molecule has 1 saturated carbocycles. The Morgan fingerprint density at radius 1 is 1.07 bits per heavy atom. The van der Waals surface area contributed by atoms with Crippen LogP contribution >= 0.6 is 12.4 Å². The Morgan fingerprint density at radius 3 is 2.72 bits per heavy atom. The molecule has 2 aromatic carbocycles. The maximum absolute atomic E-state index is 13.1. The summed E-state index contributed by atoms with van der Waals surface area (Å²) in [7, 11) is 0. The molecule has 3 atom stereocenters. The van der Waals surface area contributed by atoms with Crippen LogP contribution in [0.25, 0.3) is 10.8 Å². The molecular weight excluding hydrogens is 386 g/mol. The normalized spacial score (nSPS) is 26.9. The van der Waals surface area contributed by atoms with Crippen molar-refractivity contribution in [2.75, 3.05) is 32.7 Å². The lowest BCUT2D eigenvalue weighted by atomic mass is 10.0. The number of carbonyl (C=O) groups excluding carboxylic acids is 2. The molecule has 2 aliphatic heterocycles. The highest BCUT2D eigenvalue weighted by Gasteiger charge is 2.46. The van der Waals surface area contributed by atoms with E-state index in [-0.39, 0.29) is 36.2 Å². The number of fused-ring (bicyclic) bond motifs is 1. The van der Waals surface area contributed by atoms with Crippen LogP contribution in [0.4, 0.5) is 0 Å². The SMILES string of the molecule is Cl.O=C(C1CC1c1ccc2ccccc2c1)N1CCCC(N2CCNCC2=O)C1. The van der Waals surface area contributed by atoms with Gasteiger partial charge in [0.2, 0.25) is 11.8 Å². The molecule has 1 aliphatic carbocycles. The predicted molar refractivity (Wildman–Crippen MR) is 116 cm³/mol. The Balaban J connectivity index is 0.00000205. The standard InChI is InChI=1S/C23H27N3O2.ClH/c27-22-14-24-9-11-26(22)19-6-3-10-25(15-19)23(28)21-13-20(21)18-8-7-16-4-1-2-5-17(16)12-18;/h1-2,4-5,7-8,12,19-21,24H,3,6,9-11,13-15H2;1H. The molecule has 5 nitrogen and oxygen atoms in total. The summed E-state index contributed by atoms with van der Waals surface area (Å²) >= 11 is 0. The van der Waals surface area contributed by atoms with Crippen molar-refractivity contribution in [2.24, 2.45) is 5.92 Å². The van der Waals surface area contributed by atoms with E-state index in [0.29, 0.717) is 19.0 Å². The minimum Gasteiger partial charge on any atom is -0.340 e. The molecule has 3 unspecified atom stereocenters. The zero-order chi connectivity index (χ0) is 19.1. The highest BCUT2D eigenvalue weighted by atomic mass is 35.5. The van der Waals surface area contributed by atoms with E-state index >= 15 is 0 Å². The van der Waals surface area contributed by atoms with E-state index in [1.807, 2.05) is 9.80 Å². The van der Waals surface area contributed by atoms with E-state index in [1.54, 1.807) is 0 Å². The van der Waals surface area contributed by atoms with Gasteiger partial charge in [-0.05, 0) is 41.5 Å². The summed E-state index contributed by atoms with van der Waals surface area (Å²) in [5.41, 5.74) is 1.28. The number of likely N-dealkylation sites (tertiary alicyclic amines) is 1. The van der Waals surface area contributed by atoms with Crippen molar-refractivity contribution in [1.29, 1.82) is 0 Å². The van der Waals surface area contributed by atoms with E-state index in [2.05, 4.69) is 47.8 Å². The van der Waals surface area contributed by atoms with Crippen molar-refractivity contribution in [1.82, 2.24) is 15.1 Å². The molecule has 6 heteroatoms. The summed E-state index contributed by atoms with van der Waals surface area (Å²) in [6.07, 6.45) is 2.94. The molecule has 0 bridgehead atoms. The largest absolute Gasteiger partial charge is 0.340 e. The summed E-state index contributed by atoms with van der Waals surface area (Å²) in [5, 5.41) is 5.62. The van der Waals surface area contributed by atoms with E-state index < -0.39 is 0 Å². The lowest BCUT2D eigenvalue weighted by molar-refractivity contribution is -0.141. The van der Waals surface area contributed by atoms with E-state index in [0.717, 1.165) is 38.9 Å². The van der Waals surface area contributed by atoms with Crippen LogP contribution in [0, 0.1) is 5.92 Å². The number of nitrogens with zero attached hydrogens (tertiary/aromatic N) is 2. The fourth-order valence-electron chi connectivity index (χ4n) is 4.93. The van der Waals surface area contributed by atoms with Gasteiger partial charge in [0.1, 0.15) is 0 Å². The van der Waals surface area contributed by atoms with Crippen LogP contribution in [0.1, 0.15) is 30.7 Å². The quantitative estimate of drug-likeness (QED) is 0.841. The smallest absolute Gasteiger partial charge is 0.236 e. The molecule has 3 fully saturated rings. The molecule has 0 spiro atoms. The van der Waals surface area contributed by atoms with Gasteiger partial charge in [0.15, 0.2) is 0 Å². The first-order chi connectivity index (χ1) is 13.7. The minimum atomic E-state index is 0. The number of carbonyl (C=O) groups is 2. The van der Waals surface area contributed by atoms with Gasteiger partial charge in [-0.3, -0.25) is 9.59 Å². The number of hydrogen-bond acceptors (Lipinski definition) is 3. The van der Waals surface area contributed by atoms with Gasteiger partial charge in [-0.2, -0.15) is 0 Å². The Morgan fingerprint density at radius 2 is 1.90 bits per heavy atom. The fourth-order valence-corrected chi connectivity index (χ4v) is 4.93. The summed E-state index contributed by atoms with van der Waals surface area (Å²) in [6, 6.07) is 15.2. The van der Waals surface area contributed by atoms with Crippen molar-refractivity contribution < 1.29 is 9.59 Å². The van der Waals surface area contributed by atoms with Crippen molar-refractivity contribution in [3.63, 3.8) is 0 Å². The Bertz CT molecular complexity index is 918. The van der Waals surface area contributed by atoms with Crippen LogP contribution in [-0.2, 0) is 9.59 Å². The zero-order valence-corrected chi connectivity index (χ0v) is 17.4. The molecule has 0 radical (unpaired) electrons. The molecule has 3 aliphatic rings. The van der Waals surface area contributed by atoms with Gasteiger partial charge >= 0.3 is 0 Å². The van der Waals surface area contributed by atoms with Crippen molar-refractivity contribution >= 4 is 35.0 Å². The molecule has 2 amide bonds. The second-order valence-electron chi connectivity index (χ2n) is 8.40. The number of benzene rings is 2. The molecule has 2 aromatic rings. The molecule has 29 heavy (non-hydrogen) atoms. The number of nitrogens with one attached hydrogen (secondary N) is 1. The second-order valence-corrected chi connectivity index (χ2v) is 8.40. The van der Waals surface area contributed by atoms with E-state index in [1.165, 1.54) is 16.3 Å². The van der Waals surface area contributed by atoms with Crippen molar-refractivity contribution in [2.45, 2.75) is 31.2 Å². The minimum absolute atomic E-state index is 0. The molecular formula is C23H28ClN3O2. The maximum Gasteiger partial charge on any atom is 0.236 e. The van der Waals surface area contributed by atoms with Crippen LogP contribution in [0.5, 0.6) is 0 Å². The summed E-state index contributed by atoms with van der Waals surface area (Å²) in [6.45, 7) is 3.57. The fraction of sp³-hybridized carbons (Fsp3) is 0.478. The first-order valence-corrected chi connectivity index (χ1v) is 10.5. The van der Waals surface area contributed by atoms with Crippen LogP contribution in [-0.4, -0.2) is 60.4 Å². The van der Waals surface area contributed by atoms with E-state index in [9.17, 15) is 9.59 Å². The lowest BCUT2D eigenvalue weighted by Gasteiger charge is -2.41. The van der Waals surface area contributed by atoms with Gasteiger partial charge in [0.25, 0.3) is 0 Å². The van der Waals surface area contributed by atoms with Crippen LogP contribution in [0.15, 0.2) is 42.5 Å². The maximum atomic E-state index is 13.1. The monoisotopic (exact) mass is 413 g/mol. The number of hydrogen-bond donors (Lipinski definition) is 1. The third-order valence-corrected chi connectivity index (χ3v) is 6.58. The number of halogens is 1. The third-order valence-electron chi connectivity index (χ3n) is 6.58. The van der Waals surface area contributed by atoms with Crippen LogP contribution < -0.4 is 5.32 Å². The summed E-state index contributed by atoms with van der Waals surface area (Å²) in [4.78, 5) is 29.4. The van der Waals surface area contributed by atoms with Gasteiger partial charge in [-0.25, -0.2) is 0 Å². The van der Waals surface area contributed by atoms with Gasteiger partial charge in [0, 0.05) is 38.1 Å². The molecule has 154 valence electrons. The first-order valence-electron chi connectivity index (χ1n) is 10.5. The Labute approximate surface area is 177 Å². The van der Waals surface area contributed by atoms with Gasteiger partial charge < -0.3 is 15.1 Å². The number of rotatable bonds is 3. The number of amides is 2. The molecule has 0 aromatic heterocycles. The predicted octanol–water partition coefficient (Wildman–Crippen LogP) is 2.79. The van der Waals surface area contributed by atoms with Gasteiger partial charge in [-0.15, -0.1) is 12.4 Å². The highest BCUT2D eigenvalue weighted by molar-refractivity contribution is 5.86. The van der Waals surface area contributed by atoms with Gasteiger partial charge in [0.05, 0.1) is 6.54 Å². The molecule has 1 N–H and O–H groups in total. The van der Waals surface area contributed by atoms with Crippen molar-refractivity contribution in [3.05, 3.63) is 48.0 Å². The lowest BCUT2D eigenvalue weighted by Crippen LogP contribution is -2.57. The Hall–Kier alpha value is -2.11. The first kappa shape index (κ1) is 20.2. The molecule has 5 rings (SSSR count). The van der Waals surface area contributed by atoms with Gasteiger partial charge in [-0.1, -0.05) is 42.5 Å². The van der Waals surface area contributed by atoms with Crippen molar-refractivity contribution in [3.8, 4) is 0 Å². The average molecular weight is 414 g/mol. The number of piperidine rings is 1. The number of piperazine rings is 1. The average Bonchev–Trinajstić information content (AvgIpc) is 3.54. The summed E-state index contributed by atoms with van der Waals surface area (Å²) < 4.78 is 0. The zero-order valence-electron chi connectivity index (χ0n) is 16.5. The van der Waals surface area contributed by atoms with Crippen LogP contribution in [0.3, 0.4) is 0 Å². The highest BCUT2D eigenvalue weighted by Crippen LogP contribution is 2.49. The topological polar surface area (TPSA) is 52.7 Å². The van der Waals surface area contributed by atoms with E-state index in [4.69, 9.17) is 0 Å². The second kappa shape index (κ2) is 8.33. The summed E-state index contributed by atoms with van der Waals surface area (Å²) in [5.74, 6) is 0.911. The third kappa shape index (κ3) is 3.99.